The summed E-state index contributed by atoms with van der Waals surface area (Å²) in [5.41, 5.74) is 6.31. The number of fused-ring (bicyclic) bond motifs is 3. The number of aromatic nitrogens is 6. The molecule has 3 aliphatic heterocycles. The Morgan fingerprint density at radius 2 is 0.693 bits per heavy atom. The van der Waals surface area contributed by atoms with Crippen molar-refractivity contribution in [1.82, 2.24) is 72.8 Å². The number of para-hydroxylation sites is 3. The van der Waals surface area contributed by atoms with E-state index in [0.717, 1.165) is 29.8 Å². The van der Waals surface area contributed by atoms with E-state index in [-0.39, 0.29) is 79.1 Å². The number of nitriles is 1. The summed E-state index contributed by atoms with van der Waals surface area (Å²) in [7, 11) is 7.30. The minimum atomic E-state index is -0.169. The number of amides is 3. The lowest BCUT2D eigenvalue weighted by molar-refractivity contribution is -0.135. The highest BCUT2D eigenvalue weighted by molar-refractivity contribution is 6.31. The van der Waals surface area contributed by atoms with Crippen LogP contribution >= 0.6 is 34.8 Å². The second-order valence-corrected chi connectivity index (χ2v) is 36.8. The van der Waals surface area contributed by atoms with Crippen molar-refractivity contribution in [1.29, 1.82) is 5.26 Å². The Balaban J connectivity index is 0.000000177. The molecule has 0 atom stereocenters. The Labute approximate surface area is 831 Å². The van der Waals surface area contributed by atoms with Gasteiger partial charge in [-0.3, -0.25) is 67.0 Å². The Hall–Kier alpha value is -12.4. The number of carbonyl (C=O) groups is 3. The van der Waals surface area contributed by atoms with E-state index in [1.54, 1.807) is 123 Å². The molecule has 6 heterocycles. The Kier molecular flexibility index (Phi) is 38.7. The van der Waals surface area contributed by atoms with Gasteiger partial charge in [-0.2, -0.15) is 5.26 Å². The van der Waals surface area contributed by atoms with Crippen LogP contribution in [0.4, 0.5) is 0 Å². The highest BCUT2D eigenvalue weighted by Gasteiger charge is 2.31. The van der Waals surface area contributed by atoms with Gasteiger partial charge in [0.05, 0.1) is 114 Å². The molecule has 3 saturated heterocycles. The van der Waals surface area contributed by atoms with Gasteiger partial charge >= 0.3 is 0 Å². The van der Waals surface area contributed by atoms with E-state index in [0.29, 0.717) is 267 Å². The third-order valence-electron chi connectivity index (χ3n) is 23.8. The number of aliphatic hydroxyl groups is 1. The number of rotatable bonds is 40. The topological polar surface area (TPSA) is 303 Å². The monoisotopic (exact) mass is 1970 g/mol. The van der Waals surface area contributed by atoms with Crippen molar-refractivity contribution < 1.29 is 57.4 Å². The van der Waals surface area contributed by atoms with Crippen LogP contribution in [0.2, 0.25) is 15.1 Å². The minimum Gasteiger partial charge on any atom is -0.489 e. The van der Waals surface area contributed by atoms with Gasteiger partial charge in [0.15, 0.2) is 19.8 Å². The van der Waals surface area contributed by atoms with Crippen molar-refractivity contribution in [2.24, 2.45) is 0 Å². The number of benzene rings is 9. The smallest absolute Gasteiger partial charge is 0.266 e. The summed E-state index contributed by atoms with van der Waals surface area (Å²) in [6, 6.07) is 63.0. The van der Waals surface area contributed by atoms with Crippen LogP contribution in [0.15, 0.2) is 215 Å². The first-order valence-electron chi connectivity index (χ1n) is 47.3. The molecule has 31 nitrogen and oxygen atoms in total. The lowest BCUT2D eigenvalue weighted by Gasteiger charge is -2.34. The zero-order valence-electron chi connectivity index (χ0n) is 81.2. The van der Waals surface area contributed by atoms with Gasteiger partial charge in [0.25, 0.3) is 34.4 Å². The molecule has 740 valence electrons. The number of hydrogen-bond acceptors (Lipinski definition) is 25. The van der Waals surface area contributed by atoms with Gasteiger partial charge < -0.3 is 62.6 Å². The fourth-order valence-corrected chi connectivity index (χ4v) is 17.1. The normalized spacial score (nSPS) is 13.8. The summed E-state index contributed by atoms with van der Waals surface area (Å²) in [5, 5.41) is 21.8. The molecule has 0 aliphatic carbocycles. The van der Waals surface area contributed by atoms with E-state index in [1.807, 2.05) is 181 Å². The van der Waals surface area contributed by atoms with Crippen LogP contribution in [0, 0.1) is 11.3 Å². The van der Waals surface area contributed by atoms with Gasteiger partial charge in [0.2, 0.25) is 0 Å². The first-order valence-corrected chi connectivity index (χ1v) is 48.4. The molecule has 0 unspecified atom stereocenters. The fraction of sp³-hybridized carbons (Fsp3) is 0.396. The zero-order chi connectivity index (χ0) is 99.3. The summed E-state index contributed by atoms with van der Waals surface area (Å²) >= 11 is 17.8. The third kappa shape index (κ3) is 29.4. The fourth-order valence-electron chi connectivity index (χ4n) is 16.7. The van der Waals surface area contributed by atoms with Crippen LogP contribution in [0.3, 0.4) is 0 Å². The van der Waals surface area contributed by atoms with Crippen LogP contribution < -0.4 is 45.1 Å². The van der Waals surface area contributed by atoms with Crippen LogP contribution in [0.25, 0.3) is 49.8 Å². The molecule has 0 spiro atoms. The summed E-state index contributed by atoms with van der Waals surface area (Å²) in [6.45, 7) is 25.6. The average molecular weight is 1970 g/mol. The summed E-state index contributed by atoms with van der Waals surface area (Å²) in [6.07, 6.45) is 0.120. The largest absolute Gasteiger partial charge is 0.489 e. The van der Waals surface area contributed by atoms with Gasteiger partial charge in [0.1, 0.15) is 52.0 Å². The molecule has 9 aromatic carbocycles. The highest BCUT2D eigenvalue weighted by Crippen LogP contribution is 2.33. The van der Waals surface area contributed by atoms with E-state index in [4.69, 9.17) is 92.9 Å². The molecule has 12 aromatic rings. The number of hydrogen-bond donors (Lipinski definition) is 1. The second-order valence-electron chi connectivity index (χ2n) is 35.5. The van der Waals surface area contributed by atoms with Crippen molar-refractivity contribution in [2.45, 2.75) is 106 Å². The number of ether oxygens (including phenoxy) is 8. The molecule has 1 N–H and O–H groups in total. The van der Waals surface area contributed by atoms with Crippen LogP contribution in [-0.4, -0.2) is 287 Å². The molecule has 3 aliphatic rings. The van der Waals surface area contributed by atoms with E-state index in [9.17, 15) is 33.9 Å². The molecule has 0 bridgehead atoms. The van der Waals surface area contributed by atoms with Crippen LogP contribution in [0.5, 0.6) is 34.5 Å². The average Bonchev–Trinajstić information content (AvgIpc) is 0.767. The molecule has 3 amide bonds. The SMILES string of the molecule is CC(C)Oc1ccc(CN(C)CCC#N)cc1-n1c(CN2CCN(C(=O)COc3ccc(Cl)cc3)CC2)nc2ccccc2c1=O.CC(C)Oc1ccc(CN(C)CCO)cc1-n1c(CN2CCN(C(=O)COc3ccc(Cl)cc3)CC2)nc2ccccc2c1=O.COCCN(CCOC)Cc1ccc(OC(C)C)c(-n2c(CN3CCN(C(=O)COc4ccc(Cl)cc4)CC3)nc3ccccc3c2=O)c1. The molecular formula is C106H125Cl3N16O15. The maximum Gasteiger partial charge on any atom is 0.266 e. The summed E-state index contributed by atoms with van der Waals surface area (Å²) in [4.78, 5) is 115. The number of likely N-dealkylation sites (N-methyl/N-ethyl adjacent to an activating group) is 1. The Morgan fingerprint density at radius 3 is 0.979 bits per heavy atom. The molecule has 3 aromatic heterocycles. The van der Waals surface area contributed by atoms with Crippen LogP contribution in [0.1, 0.15) is 82.1 Å². The number of piperazine rings is 3. The van der Waals surface area contributed by atoms with Gasteiger partial charge in [-0.25, -0.2) is 15.0 Å². The summed E-state index contributed by atoms with van der Waals surface area (Å²) < 4.78 is 51.5. The van der Waals surface area contributed by atoms with Crippen molar-refractivity contribution in [3.63, 3.8) is 0 Å². The van der Waals surface area contributed by atoms with Gasteiger partial charge in [-0.15, -0.1) is 0 Å². The molecule has 140 heavy (non-hydrogen) atoms. The maximum absolute atomic E-state index is 14.3. The van der Waals surface area contributed by atoms with Crippen molar-refractivity contribution in [3.05, 3.63) is 280 Å². The van der Waals surface area contributed by atoms with Gasteiger partial charge in [-0.05, 0) is 218 Å². The van der Waals surface area contributed by atoms with E-state index in [1.165, 1.54) is 0 Å². The molecular weight excluding hydrogens is 1840 g/mol. The lowest BCUT2D eigenvalue weighted by Crippen LogP contribution is -2.50. The quantitative estimate of drug-likeness (QED) is 0.0373. The van der Waals surface area contributed by atoms with Crippen molar-refractivity contribution >= 4 is 85.2 Å². The summed E-state index contributed by atoms with van der Waals surface area (Å²) in [5.74, 6) is 5.14. The standard InChI is InChI=1S/C37H46ClN5O6.C35H39ClN6O4.C34H40ClN5O5/c1-27(2)49-34-14-9-28(24-41(19-21-46-3)20-22-47-4)23-33(34)43-35(39-32-8-6-5-7-31(32)37(43)45)25-40-15-17-42(18-16-40)36(44)26-48-30-12-10-29(38)11-13-30;1-25(2)46-32-14-9-26(22-39(3)16-6-15-37)21-31(32)42-33(38-30-8-5-4-7-29(30)35(42)44)23-40-17-19-41(20-18-40)34(43)24-45-28-12-10-27(36)11-13-28;1-24(2)45-31-13-8-25(21-37(3)18-19-41)20-30(31)40-32(36-29-7-5-4-6-28(29)34(40)43)22-38-14-16-39(17-15-38)33(42)23-44-27-11-9-26(35)10-12-27/h5-14,23,27H,15-22,24-26H2,1-4H3;4-5,7-14,21,25H,6,16-20,22-24H2,1-3H3;4-13,20,24,41H,14-19,21-23H2,1-3H3. The van der Waals surface area contributed by atoms with Gasteiger partial charge in [0, 0.05) is 160 Å². The predicted octanol–water partition coefficient (Wildman–Crippen LogP) is 13.5. The number of halogens is 3. The molecule has 0 saturated carbocycles. The number of aliphatic hydroxyl groups excluding tert-OH is 1. The Bertz CT molecular complexity index is 6370. The predicted molar refractivity (Wildman–Crippen MR) is 545 cm³/mol. The minimum absolute atomic E-state index is 0.0449. The first-order chi connectivity index (χ1) is 67.7. The highest BCUT2D eigenvalue weighted by atomic mass is 35.5. The zero-order valence-corrected chi connectivity index (χ0v) is 83.5. The molecule has 0 radical (unpaired) electrons. The number of methoxy groups -OCH3 is 2. The van der Waals surface area contributed by atoms with E-state index < -0.39 is 0 Å². The van der Waals surface area contributed by atoms with E-state index in [2.05, 4.69) is 30.6 Å². The maximum atomic E-state index is 14.3. The van der Waals surface area contributed by atoms with Gasteiger partial charge in [-0.1, -0.05) is 89.4 Å². The number of nitrogens with zero attached hydrogens (tertiary/aromatic N) is 16. The molecule has 15 rings (SSSR count). The second kappa shape index (κ2) is 51.7. The Morgan fingerprint density at radius 1 is 0.400 bits per heavy atom. The van der Waals surface area contributed by atoms with E-state index >= 15 is 0 Å². The van der Waals surface area contributed by atoms with Crippen LogP contribution in [-0.2, 0) is 63.1 Å². The van der Waals surface area contributed by atoms with Crippen molar-refractivity contribution in [2.75, 3.05) is 173 Å². The number of carbonyl (C=O) groups excluding carboxylic acids is 3. The third-order valence-corrected chi connectivity index (χ3v) is 24.6. The lowest BCUT2D eigenvalue weighted by atomic mass is 10.1. The van der Waals surface area contributed by atoms with Crippen molar-refractivity contribution in [3.8, 4) is 57.6 Å². The first kappa shape index (κ1) is 105. The molecule has 34 heteroatoms. The molecule has 3 fully saturated rings.